The number of aromatic nitrogens is 1. The molecule has 5 heteroatoms. The van der Waals surface area contributed by atoms with E-state index in [4.69, 9.17) is 5.73 Å². The highest BCUT2D eigenvalue weighted by Gasteiger charge is 2.00. The zero-order chi connectivity index (χ0) is 9.68. The van der Waals surface area contributed by atoms with Crippen LogP contribution in [0.25, 0.3) is 0 Å². The number of nitrogens with two attached hydrogens (primary N) is 1. The number of carbonyl (C=O) groups excluding carboxylic acids is 1. The molecule has 0 aliphatic rings. The molecule has 3 N–H and O–H groups in total. The SMILES string of the molecule is CCc1csc(CCNC(N)=O)n1. The van der Waals surface area contributed by atoms with Crippen LogP contribution in [0.4, 0.5) is 4.79 Å². The zero-order valence-corrected chi connectivity index (χ0v) is 8.36. The summed E-state index contributed by atoms with van der Waals surface area (Å²) in [6, 6.07) is -0.479. The molecule has 1 aromatic heterocycles. The molecule has 13 heavy (non-hydrogen) atoms. The van der Waals surface area contributed by atoms with Crippen molar-refractivity contribution >= 4 is 17.4 Å². The fourth-order valence-electron chi connectivity index (χ4n) is 0.919. The third-order valence-electron chi connectivity index (χ3n) is 1.60. The standard InChI is InChI=1S/C8H13N3OS/c1-2-6-5-13-7(11-6)3-4-10-8(9)12/h5H,2-4H2,1H3,(H3,9,10,12). The summed E-state index contributed by atoms with van der Waals surface area (Å²) in [5, 5.41) is 5.61. The first-order valence-electron chi connectivity index (χ1n) is 4.19. The first-order valence-corrected chi connectivity index (χ1v) is 5.07. The maximum Gasteiger partial charge on any atom is 0.312 e. The van der Waals surface area contributed by atoms with Crippen molar-refractivity contribution < 1.29 is 4.79 Å². The molecule has 0 unspecified atom stereocenters. The summed E-state index contributed by atoms with van der Waals surface area (Å²) in [5.74, 6) is 0. The van der Waals surface area contributed by atoms with Gasteiger partial charge in [0.25, 0.3) is 0 Å². The highest BCUT2D eigenvalue weighted by molar-refractivity contribution is 7.09. The van der Waals surface area contributed by atoms with Crippen molar-refractivity contribution in [1.29, 1.82) is 0 Å². The van der Waals surface area contributed by atoms with Crippen LogP contribution in [0.15, 0.2) is 5.38 Å². The molecule has 2 amide bonds. The Morgan fingerprint density at radius 1 is 1.77 bits per heavy atom. The number of rotatable bonds is 4. The molecule has 0 saturated carbocycles. The van der Waals surface area contributed by atoms with Gasteiger partial charge < -0.3 is 11.1 Å². The van der Waals surface area contributed by atoms with Crippen LogP contribution >= 0.6 is 11.3 Å². The average molecular weight is 199 g/mol. The van der Waals surface area contributed by atoms with Crippen LogP contribution in [-0.2, 0) is 12.8 Å². The number of carbonyl (C=O) groups is 1. The molecule has 1 aromatic rings. The van der Waals surface area contributed by atoms with Crippen molar-refractivity contribution in [3.05, 3.63) is 16.1 Å². The lowest BCUT2D eigenvalue weighted by atomic mass is 10.4. The molecular weight excluding hydrogens is 186 g/mol. The first-order chi connectivity index (χ1) is 6.22. The molecule has 72 valence electrons. The number of urea groups is 1. The van der Waals surface area contributed by atoms with Crippen LogP contribution in [0.2, 0.25) is 0 Å². The van der Waals surface area contributed by atoms with Crippen LogP contribution < -0.4 is 11.1 Å². The monoisotopic (exact) mass is 199 g/mol. The molecule has 0 fully saturated rings. The maximum atomic E-state index is 10.3. The van der Waals surface area contributed by atoms with Crippen LogP contribution in [0.1, 0.15) is 17.6 Å². The topological polar surface area (TPSA) is 68.0 Å². The lowest BCUT2D eigenvalue weighted by molar-refractivity contribution is 0.249. The summed E-state index contributed by atoms with van der Waals surface area (Å²) >= 11 is 1.62. The second-order valence-corrected chi connectivity index (χ2v) is 3.57. The molecule has 0 radical (unpaired) electrons. The average Bonchev–Trinajstić information content (AvgIpc) is 2.52. The van der Waals surface area contributed by atoms with Gasteiger partial charge in [0.2, 0.25) is 0 Å². The highest BCUT2D eigenvalue weighted by Crippen LogP contribution is 2.09. The van der Waals surface area contributed by atoms with E-state index in [2.05, 4.69) is 17.2 Å². The van der Waals surface area contributed by atoms with E-state index in [0.29, 0.717) is 6.54 Å². The van der Waals surface area contributed by atoms with Gasteiger partial charge in [-0.2, -0.15) is 0 Å². The van der Waals surface area contributed by atoms with Gasteiger partial charge in [0, 0.05) is 18.3 Å². The predicted octanol–water partition coefficient (Wildman–Crippen LogP) is 0.916. The van der Waals surface area contributed by atoms with Crippen LogP contribution in [0, 0.1) is 0 Å². The van der Waals surface area contributed by atoms with Crippen molar-refractivity contribution in [2.24, 2.45) is 5.73 Å². The summed E-state index contributed by atoms with van der Waals surface area (Å²) in [6.07, 6.45) is 1.72. The Morgan fingerprint density at radius 2 is 2.54 bits per heavy atom. The van der Waals surface area contributed by atoms with Crippen molar-refractivity contribution in [3.8, 4) is 0 Å². The summed E-state index contributed by atoms with van der Waals surface area (Å²) < 4.78 is 0. The van der Waals surface area contributed by atoms with E-state index in [0.717, 1.165) is 23.5 Å². The number of primary amides is 1. The van der Waals surface area contributed by atoms with E-state index >= 15 is 0 Å². The third kappa shape index (κ3) is 3.42. The van der Waals surface area contributed by atoms with Crippen LogP contribution in [0.5, 0.6) is 0 Å². The van der Waals surface area contributed by atoms with E-state index in [1.807, 2.05) is 5.38 Å². The number of hydrogen-bond acceptors (Lipinski definition) is 3. The van der Waals surface area contributed by atoms with E-state index in [1.54, 1.807) is 11.3 Å². The van der Waals surface area contributed by atoms with Gasteiger partial charge in [0.15, 0.2) is 0 Å². The minimum atomic E-state index is -0.479. The smallest absolute Gasteiger partial charge is 0.312 e. The molecule has 1 rings (SSSR count). The van der Waals surface area contributed by atoms with Gasteiger partial charge in [-0.3, -0.25) is 0 Å². The van der Waals surface area contributed by atoms with Gasteiger partial charge in [0.1, 0.15) is 0 Å². The number of hydrogen-bond donors (Lipinski definition) is 2. The Labute approximate surface area is 81.2 Å². The normalized spacial score (nSPS) is 9.92. The van der Waals surface area contributed by atoms with Crippen LogP contribution in [-0.4, -0.2) is 17.6 Å². The quantitative estimate of drug-likeness (QED) is 0.757. The Morgan fingerprint density at radius 3 is 3.08 bits per heavy atom. The lowest BCUT2D eigenvalue weighted by Crippen LogP contribution is -2.30. The summed E-state index contributed by atoms with van der Waals surface area (Å²) in [4.78, 5) is 14.7. The van der Waals surface area contributed by atoms with Gasteiger partial charge in [-0.05, 0) is 6.42 Å². The second-order valence-electron chi connectivity index (χ2n) is 2.63. The third-order valence-corrected chi connectivity index (χ3v) is 2.56. The lowest BCUT2D eigenvalue weighted by Gasteiger charge is -1.97. The maximum absolute atomic E-state index is 10.3. The fraction of sp³-hybridized carbons (Fsp3) is 0.500. The zero-order valence-electron chi connectivity index (χ0n) is 7.54. The Balaban J connectivity index is 2.32. The molecular formula is C8H13N3OS. The Kier molecular flexibility index (Phi) is 3.70. The summed E-state index contributed by atoms with van der Waals surface area (Å²) in [7, 11) is 0. The largest absolute Gasteiger partial charge is 0.352 e. The summed E-state index contributed by atoms with van der Waals surface area (Å²) in [5.41, 5.74) is 6.03. The number of nitrogens with one attached hydrogen (secondary N) is 1. The van der Waals surface area contributed by atoms with Gasteiger partial charge in [-0.15, -0.1) is 11.3 Å². The second kappa shape index (κ2) is 4.81. The minimum Gasteiger partial charge on any atom is -0.352 e. The van der Waals surface area contributed by atoms with Crippen molar-refractivity contribution in [1.82, 2.24) is 10.3 Å². The molecule has 0 spiro atoms. The highest BCUT2D eigenvalue weighted by atomic mass is 32.1. The van der Waals surface area contributed by atoms with Gasteiger partial charge in [-0.25, -0.2) is 9.78 Å². The van der Waals surface area contributed by atoms with E-state index < -0.39 is 6.03 Å². The number of thiazole rings is 1. The Hall–Kier alpha value is -1.10. The van der Waals surface area contributed by atoms with Gasteiger partial charge in [0.05, 0.1) is 10.7 Å². The Bertz CT molecular complexity index is 285. The van der Waals surface area contributed by atoms with Crippen LogP contribution in [0.3, 0.4) is 0 Å². The number of nitrogens with zero attached hydrogens (tertiary/aromatic N) is 1. The molecule has 0 aromatic carbocycles. The molecule has 0 saturated heterocycles. The van der Waals surface area contributed by atoms with Gasteiger partial charge in [-0.1, -0.05) is 6.92 Å². The number of aryl methyl sites for hydroxylation is 1. The molecule has 0 bridgehead atoms. The molecule has 1 heterocycles. The molecule has 4 nitrogen and oxygen atoms in total. The number of amides is 2. The molecule has 0 aliphatic heterocycles. The van der Waals surface area contributed by atoms with Crippen molar-refractivity contribution in [2.75, 3.05) is 6.54 Å². The fourth-order valence-corrected chi connectivity index (χ4v) is 1.80. The van der Waals surface area contributed by atoms with Gasteiger partial charge >= 0.3 is 6.03 Å². The first kappa shape index (κ1) is 9.98. The summed E-state index contributed by atoms with van der Waals surface area (Å²) in [6.45, 7) is 2.63. The van der Waals surface area contributed by atoms with E-state index in [1.165, 1.54) is 0 Å². The van der Waals surface area contributed by atoms with Crippen molar-refractivity contribution in [2.45, 2.75) is 19.8 Å². The molecule has 0 aliphatic carbocycles. The predicted molar refractivity (Wildman–Crippen MR) is 52.8 cm³/mol. The van der Waals surface area contributed by atoms with Crippen molar-refractivity contribution in [3.63, 3.8) is 0 Å². The molecule has 0 atom stereocenters. The van der Waals surface area contributed by atoms with E-state index in [9.17, 15) is 4.79 Å². The minimum absolute atomic E-state index is 0.479. The van der Waals surface area contributed by atoms with E-state index in [-0.39, 0.29) is 0 Å².